The SMILES string of the molecule is CCOC(=O)c1c(-c2ccc(Oc3ccccc3)cc2)csc1NC=[N+](C)C. The van der Waals surface area contributed by atoms with Gasteiger partial charge in [0.15, 0.2) is 5.00 Å². The Bertz CT molecular complexity index is 959. The van der Waals surface area contributed by atoms with Crippen molar-refractivity contribution in [3.63, 3.8) is 0 Å². The third-order valence-corrected chi connectivity index (χ3v) is 4.78. The van der Waals surface area contributed by atoms with Gasteiger partial charge < -0.3 is 9.47 Å². The molecule has 1 heterocycles. The fraction of sp³-hybridized carbons (Fsp3) is 0.182. The third kappa shape index (κ3) is 4.78. The van der Waals surface area contributed by atoms with Gasteiger partial charge in [-0.2, -0.15) is 0 Å². The van der Waals surface area contributed by atoms with Gasteiger partial charge in [0.25, 0.3) is 0 Å². The zero-order valence-corrected chi connectivity index (χ0v) is 17.0. The molecule has 1 aromatic heterocycles. The van der Waals surface area contributed by atoms with Crippen LogP contribution in [0.3, 0.4) is 0 Å². The lowest BCUT2D eigenvalue weighted by molar-refractivity contribution is -0.459. The predicted molar refractivity (Wildman–Crippen MR) is 114 cm³/mol. The average molecular weight is 396 g/mol. The predicted octanol–water partition coefficient (Wildman–Crippen LogP) is 5.10. The molecule has 0 unspecified atom stereocenters. The molecule has 0 spiro atoms. The van der Waals surface area contributed by atoms with E-state index in [-0.39, 0.29) is 5.97 Å². The molecule has 0 aliphatic carbocycles. The summed E-state index contributed by atoms with van der Waals surface area (Å²) in [6, 6.07) is 17.3. The Morgan fingerprint density at radius 2 is 1.75 bits per heavy atom. The summed E-state index contributed by atoms with van der Waals surface area (Å²) in [5, 5.41) is 5.90. The number of carbonyl (C=O) groups excluding carboxylic acids is 1. The van der Waals surface area contributed by atoms with Gasteiger partial charge in [-0.15, -0.1) is 11.3 Å². The van der Waals surface area contributed by atoms with Gasteiger partial charge >= 0.3 is 5.97 Å². The number of benzene rings is 2. The van der Waals surface area contributed by atoms with E-state index < -0.39 is 0 Å². The number of thiophene rings is 1. The molecule has 3 aromatic rings. The fourth-order valence-electron chi connectivity index (χ4n) is 2.60. The Morgan fingerprint density at radius 1 is 1.07 bits per heavy atom. The maximum Gasteiger partial charge on any atom is 0.344 e. The summed E-state index contributed by atoms with van der Waals surface area (Å²) in [5.74, 6) is 1.18. The van der Waals surface area contributed by atoms with Gasteiger partial charge in [0.1, 0.15) is 17.1 Å². The van der Waals surface area contributed by atoms with E-state index in [9.17, 15) is 4.79 Å². The number of hydrogen-bond donors (Lipinski definition) is 1. The van der Waals surface area contributed by atoms with Crippen LogP contribution in [0.4, 0.5) is 5.00 Å². The topological polar surface area (TPSA) is 50.6 Å². The lowest BCUT2D eigenvalue weighted by atomic mass is 10.0. The van der Waals surface area contributed by atoms with Gasteiger partial charge in [-0.3, -0.25) is 4.58 Å². The summed E-state index contributed by atoms with van der Waals surface area (Å²) < 4.78 is 13.0. The number of anilines is 1. The van der Waals surface area contributed by atoms with Crippen LogP contribution in [0.25, 0.3) is 11.1 Å². The number of rotatable bonds is 7. The smallest absolute Gasteiger partial charge is 0.344 e. The quantitative estimate of drug-likeness (QED) is 0.262. The second-order valence-electron chi connectivity index (χ2n) is 6.25. The average Bonchev–Trinajstić information content (AvgIpc) is 3.12. The number of ether oxygens (including phenoxy) is 2. The summed E-state index contributed by atoms with van der Waals surface area (Å²) in [7, 11) is 3.83. The molecule has 0 aliphatic rings. The van der Waals surface area contributed by atoms with Gasteiger partial charge in [-0.05, 0) is 36.8 Å². The van der Waals surface area contributed by atoms with Crippen LogP contribution in [0.2, 0.25) is 0 Å². The summed E-state index contributed by atoms with van der Waals surface area (Å²) >= 11 is 1.47. The fourth-order valence-corrected chi connectivity index (χ4v) is 3.52. The van der Waals surface area contributed by atoms with Crippen LogP contribution in [0.5, 0.6) is 11.5 Å². The Hall–Kier alpha value is -3.12. The van der Waals surface area contributed by atoms with Crippen molar-refractivity contribution in [2.24, 2.45) is 0 Å². The van der Waals surface area contributed by atoms with E-state index in [4.69, 9.17) is 9.47 Å². The molecule has 1 N–H and O–H groups in total. The van der Waals surface area contributed by atoms with Crippen molar-refractivity contribution in [2.75, 3.05) is 26.0 Å². The summed E-state index contributed by atoms with van der Waals surface area (Å²) in [6.07, 6.45) is 1.80. The third-order valence-electron chi connectivity index (χ3n) is 3.87. The Kier molecular flexibility index (Phi) is 6.45. The van der Waals surface area contributed by atoms with Gasteiger partial charge in [0.2, 0.25) is 6.34 Å². The van der Waals surface area contributed by atoms with Crippen molar-refractivity contribution < 1.29 is 18.8 Å². The van der Waals surface area contributed by atoms with Crippen molar-refractivity contribution in [3.8, 4) is 22.6 Å². The Balaban J connectivity index is 1.89. The second-order valence-corrected chi connectivity index (χ2v) is 7.13. The largest absolute Gasteiger partial charge is 0.462 e. The number of carbonyl (C=O) groups is 1. The maximum absolute atomic E-state index is 12.6. The van der Waals surface area contributed by atoms with Crippen molar-refractivity contribution in [1.82, 2.24) is 0 Å². The minimum atomic E-state index is -0.335. The van der Waals surface area contributed by atoms with E-state index >= 15 is 0 Å². The molecule has 3 rings (SSSR count). The van der Waals surface area contributed by atoms with Crippen LogP contribution in [-0.2, 0) is 4.74 Å². The van der Waals surface area contributed by atoms with E-state index in [1.165, 1.54) is 11.3 Å². The molecule has 0 bridgehead atoms. The van der Waals surface area contributed by atoms with Gasteiger partial charge in [0, 0.05) is 10.9 Å². The van der Waals surface area contributed by atoms with Crippen molar-refractivity contribution in [3.05, 3.63) is 65.5 Å². The maximum atomic E-state index is 12.6. The molecule has 144 valence electrons. The number of nitrogens with one attached hydrogen (secondary N) is 1. The van der Waals surface area contributed by atoms with Gasteiger partial charge in [-0.25, -0.2) is 10.1 Å². The van der Waals surface area contributed by atoms with Crippen LogP contribution >= 0.6 is 11.3 Å². The van der Waals surface area contributed by atoms with Crippen molar-refractivity contribution in [1.29, 1.82) is 0 Å². The molecular formula is C22H23N2O3S+. The van der Waals surface area contributed by atoms with Crippen molar-refractivity contribution in [2.45, 2.75) is 6.92 Å². The van der Waals surface area contributed by atoms with Crippen LogP contribution < -0.4 is 10.1 Å². The molecule has 6 heteroatoms. The number of nitrogens with zero attached hydrogens (tertiary/aromatic N) is 1. The minimum Gasteiger partial charge on any atom is -0.462 e. The van der Waals surface area contributed by atoms with Crippen LogP contribution in [-0.4, -0.2) is 37.6 Å². The van der Waals surface area contributed by atoms with E-state index in [1.54, 1.807) is 13.3 Å². The Morgan fingerprint density at radius 3 is 2.39 bits per heavy atom. The van der Waals surface area contributed by atoms with Gasteiger partial charge in [-0.1, -0.05) is 30.3 Å². The molecule has 0 saturated carbocycles. The number of para-hydroxylation sites is 1. The first-order valence-electron chi connectivity index (χ1n) is 8.96. The first-order valence-corrected chi connectivity index (χ1v) is 9.84. The summed E-state index contributed by atoms with van der Waals surface area (Å²) in [4.78, 5) is 12.6. The monoisotopic (exact) mass is 395 g/mol. The lowest BCUT2D eigenvalue weighted by Crippen LogP contribution is -2.11. The molecule has 0 amide bonds. The Labute approximate surface area is 168 Å². The van der Waals surface area contributed by atoms with Crippen molar-refractivity contribution >= 4 is 28.6 Å². The molecule has 0 saturated heterocycles. The van der Waals surface area contributed by atoms with Crippen LogP contribution in [0, 0.1) is 0 Å². The molecule has 0 fully saturated rings. The lowest BCUT2D eigenvalue weighted by Gasteiger charge is -2.08. The number of esters is 1. The first kappa shape index (κ1) is 19.6. The summed E-state index contributed by atoms with van der Waals surface area (Å²) in [6.45, 7) is 2.13. The first-order chi connectivity index (χ1) is 13.6. The molecule has 2 aromatic carbocycles. The minimum absolute atomic E-state index is 0.328. The van der Waals surface area contributed by atoms with E-state index in [2.05, 4.69) is 5.32 Å². The standard InChI is InChI=1S/C22H22N2O3S/c1-4-26-22(25)20-19(14-28-21(20)23-15-24(2)3)16-10-12-18(13-11-16)27-17-8-6-5-7-9-17/h5-15H,4H2,1-3H3/p+1. The summed E-state index contributed by atoms with van der Waals surface area (Å²) in [5.41, 5.74) is 2.31. The van der Waals surface area contributed by atoms with E-state index in [0.29, 0.717) is 12.2 Å². The molecule has 0 radical (unpaired) electrons. The molecule has 0 aliphatic heterocycles. The van der Waals surface area contributed by atoms with E-state index in [0.717, 1.165) is 27.6 Å². The molecule has 0 atom stereocenters. The second kappa shape index (κ2) is 9.19. The van der Waals surface area contributed by atoms with E-state index in [1.807, 2.05) is 78.6 Å². The highest BCUT2D eigenvalue weighted by molar-refractivity contribution is 7.15. The van der Waals surface area contributed by atoms with Gasteiger partial charge in [0.05, 0.1) is 20.7 Å². The highest BCUT2D eigenvalue weighted by Crippen LogP contribution is 2.37. The molecule has 5 nitrogen and oxygen atoms in total. The van der Waals surface area contributed by atoms with Crippen LogP contribution in [0.15, 0.2) is 60.0 Å². The number of hydrogen-bond acceptors (Lipinski definition) is 4. The highest BCUT2D eigenvalue weighted by Gasteiger charge is 2.23. The van der Waals surface area contributed by atoms with Crippen LogP contribution in [0.1, 0.15) is 17.3 Å². The normalized spacial score (nSPS) is 10.2. The highest BCUT2D eigenvalue weighted by atomic mass is 32.1. The molecule has 28 heavy (non-hydrogen) atoms. The molecular weight excluding hydrogens is 372 g/mol. The zero-order valence-electron chi connectivity index (χ0n) is 16.1. The zero-order chi connectivity index (χ0) is 19.9.